The molecule has 6 heteroatoms. The molecule has 0 aliphatic heterocycles. The normalized spacial score (nSPS) is 11.3. The van der Waals surface area contributed by atoms with Gasteiger partial charge in [-0.1, -0.05) is 36.4 Å². The van der Waals surface area contributed by atoms with E-state index in [4.69, 9.17) is 9.52 Å². The van der Waals surface area contributed by atoms with Crippen molar-refractivity contribution in [1.82, 2.24) is 9.78 Å². The number of aliphatic carboxylic acids is 1. The average Bonchev–Trinajstić information content (AvgIpc) is 3.10. The summed E-state index contributed by atoms with van der Waals surface area (Å²) in [7, 11) is 0. The zero-order valence-corrected chi connectivity index (χ0v) is 14.1. The highest BCUT2D eigenvalue weighted by Gasteiger charge is 2.16. The van der Waals surface area contributed by atoms with Crippen molar-refractivity contribution in [3.8, 4) is 16.9 Å². The number of benzene rings is 2. The van der Waals surface area contributed by atoms with Crippen molar-refractivity contribution < 1.29 is 14.3 Å². The molecule has 0 bridgehead atoms. The first-order valence-electron chi connectivity index (χ1n) is 8.21. The Hall–Kier alpha value is -3.93. The third kappa shape index (κ3) is 3.28. The number of fused-ring (bicyclic) bond motifs is 1. The maximum absolute atomic E-state index is 12.5. The topological polar surface area (TPSA) is 85.3 Å². The van der Waals surface area contributed by atoms with Crippen LogP contribution in [0.25, 0.3) is 34.0 Å². The molecule has 0 fully saturated rings. The van der Waals surface area contributed by atoms with Gasteiger partial charge in [-0.3, -0.25) is 0 Å². The van der Waals surface area contributed by atoms with Crippen LogP contribution in [-0.4, -0.2) is 20.9 Å². The lowest BCUT2D eigenvalue weighted by Crippen LogP contribution is -2.04. The summed E-state index contributed by atoms with van der Waals surface area (Å²) in [6.07, 6.45) is 4.11. The van der Waals surface area contributed by atoms with Crippen molar-refractivity contribution in [1.29, 1.82) is 0 Å². The summed E-state index contributed by atoms with van der Waals surface area (Å²) in [5, 5.41) is 14.2. The van der Waals surface area contributed by atoms with E-state index in [1.54, 1.807) is 29.1 Å². The Kier molecular flexibility index (Phi) is 4.14. The van der Waals surface area contributed by atoms with E-state index < -0.39 is 11.6 Å². The van der Waals surface area contributed by atoms with Crippen LogP contribution in [0.5, 0.6) is 0 Å². The largest absolute Gasteiger partial charge is 0.478 e. The van der Waals surface area contributed by atoms with Gasteiger partial charge in [0.2, 0.25) is 0 Å². The molecule has 0 aliphatic carbocycles. The van der Waals surface area contributed by atoms with Gasteiger partial charge < -0.3 is 9.52 Å². The first kappa shape index (κ1) is 16.5. The van der Waals surface area contributed by atoms with E-state index in [0.717, 1.165) is 17.1 Å². The maximum Gasteiger partial charge on any atom is 0.345 e. The van der Waals surface area contributed by atoms with Crippen LogP contribution in [0.3, 0.4) is 0 Å². The lowest BCUT2D eigenvalue weighted by molar-refractivity contribution is -0.131. The molecular weight excluding hydrogens is 344 g/mol. The van der Waals surface area contributed by atoms with Crippen LogP contribution in [0.15, 0.2) is 82.1 Å². The molecule has 0 atom stereocenters. The Labute approximate surface area is 153 Å². The van der Waals surface area contributed by atoms with E-state index in [1.165, 1.54) is 6.08 Å². The third-order valence-corrected chi connectivity index (χ3v) is 4.07. The van der Waals surface area contributed by atoms with Crippen molar-refractivity contribution in [3.05, 3.63) is 88.9 Å². The highest BCUT2D eigenvalue weighted by Crippen LogP contribution is 2.25. The molecule has 2 heterocycles. The van der Waals surface area contributed by atoms with E-state index in [-0.39, 0.29) is 5.56 Å². The zero-order valence-electron chi connectivity index (χ0n) is 14.1. The second-order valence-corrected chi connectivity index (χ2v) is 5.87. The molecule has 4 aromatic rings. The van der Waals surface area contributed by atoms with Crippen LogP contribution >= 0.6 is 0 Å². The molecule has 0 saturated carbocycles. The molecule has 0 amide bonds. The van der Waals surface area contributed by atoms with Crippen LogP contribution in [-0.2, 0) is 4.79 Å². The number of aromatic nitrogens is 2. The highest BCUT2D eigenvalue weighted by molar-refractivity contribution is 5.88. The summed E-state index contributed by atoms with van der Waals surface area (Å²) in [6, 6.07) is 18.2. The number of carboxylic acid groups (broad SMARTS) is 1. The van der Waals surface area contributed by atoms with Gasteiger partial charge in [-0.05, 0) is 30.3 Å². The van der Waals surface area contributed by atoms with Gasteiger partial charge in [-0.15, -0.1) is 0 Å². The highest BCUT2D eigenvalue weighted by atomic mass is 16.4. The van der Waals surface area contributed by atoms with E-state index >= 15 is 0 Å². The van der Waals surface area contributed by atoms with Crippen molar-refractivity contribution in [2.45, 2.75) is 0 Å². The van der Waals surface area contributed by atoms with Crippen LogP contribution < -0.4 is 5.63 Å². The maximum atomic E-state index is 12.5. The number of para-hydroxylation sites is 2. The zero-order chi connectivity index (χ0) is 18.8. The van der Waals surface area contributed by atoms with Crippen LogP contribution in [0.4, 0.5) is 0 Å². The smallest absolute Gasteiger partial charge is 0.345 e. The Morgan fingerprint density at radius 1 is 1.07 bits per heavy atom. The number of rotatable bonds is 4. The molecule has 1 N–H and O–H groups in total. The van der Waals surface area contributed by atoms with Crippen LogP contribution in [0.2, 0.25) is 0 Å². The molecule has 4 rings (SSSR count). The Bertz CT molecular complexity index is 1220. The average molecular weight is 358 g/mol. The Morgan fingerprint density at radius 2 is 1.81 bits per heavy atom. The van der Waals surface area contributed by atoms with Crippen LogP contribution in [0.1, 0.15) is 5.56 Å². The van der Waals surface area contributed by atoms with Gasteiger partial charge in [0, 0.05) is 23.2 Å². The van der Waals surface area contributed by atoms with E-state index in [0.29, 0.717) is 16.8 Å². The minimum absolute atomic E-state index is 0.272. The number of hydrogen-bond donors (Lipinski definition) is 1. The second-order valence-electron chi connectivity index (χ2n) is 5.87. The molecule has 0 unspecified atom stereocenters. The van der Waals surface area contributed by atoms with Gasteiger partial charge in [0.05, 0.1) is 11.3 Å². The molecule has 2 aromatic heterocycles. The predicted octanol–water partition coefficient (Wildman–Crippen LogP) is 3.74. The van der Waals surface area contributed by atoms with E-state index in [1.807, 2.05) is 42.5 Å². The monoisotopic (exact) mass is 358 g/mol. The number of nitrogens with zero attached hydrogens (tertiary/aromatic N) is 2. The van der Waals surface area contributed by atoms with Gasteiger partial charge in [-0.2, -0.15) is 5.10 Å². The Balaban J connectivity index is 1.93. The molecule has 27 heavy (non-hydrogen) atoms. The van der Waals surface area contributed by atoms with Gasteiger partial charge in [-0.25, -0.2) is 14.3 Å². The summed E-state index contributed by atoms with van der Waals surface area (Å²) in [4.78, 5) is 23.5. The Morgan fingerprint density at radius 3 is 2.59 bits per heavy atom. The molecule has 0 saturated heterocycles. The van der Waals surface area contributed by atoms with Gasteiger partial charge in [0.15, 0.2) is 0 Å². The molecule has 132 valence electrons. The molecule has 0 radical (unpaired) electrons. The fourth-order valence-electron chi connectivity index (χ4n) is 2.82. The van der Waals surface area contributed by atoms with Gasteiger partial charge >= 0.3 is 11.6 Å². The van der Waals surface area contributed by atoms with E-state index in [9.17, 15) is 9.59 Å². The lowest BCUT2D eigenvalue weighted by Gasteiger charge is -2.01. The summed E-state index contributed by atoms with van der Waals surface area (Å²) in [5.74, 6) is -1.08. The molecule has 6 nitrogen and oxygen atoms in total. The second kappa shape index (κ2) is 6.76. The summed E-state index contributed by atoms with van der Waals surface area (Å²) < 4.78 is 7.00. The standard InChI is InChI=1S/C21H14N2O4/c24-19(25)11-10-15-13-23(16-7-2-1-3-8-16)22-20(15)17-12-14-6-4-5-9-18(14)27-21(17)26/h1-13H,(H,24,25). The molecule has 2 aromatic carbocycles. The minimum atomic E-state index is -1.08. The fraction of sp³-hybridized carbons (Fsp3) is 0. The molecule has 0 aliphatic rings. The predicted molar refractivity (Wildman–Crippen MR) is 102 cm³/mol. The van der Waals surface area contributed by atoms with Crippen LogP contribution in [0, 0.1) is 0 Å². The first-order valence-corrected chi connectivity index (χ1v) is 8.21. The van der Waals surface area contributed by atoms with Crippen molar-refractivity contribution in [2.24, 2.45) is 0 Å². The van der Waals surface area contributed by atoms with Crippen molar-refractivity contribution in [3.63, 3.8) is 0 Å². The minimum Gasteiger partial charge on any atom is -0.478 e. The number of carbonyl (C=O) groups is 1. The number of hydrogen-bond acceptors (Lipinski definition) is 4. The van der Waals surface area contributed by atoms with Crippen molar-refractivity contribution in [2.75, 3.05) is 0 Å². The van der Waals surface area contributed by atoms with Gasteiger partial charge in [0.1, 0.15) is 11.3 Å². The summed E-state index contributed by atoms with van der Waals surface area (Å²) >= 11 is 0. The molecule has 0 spiro atoms. The third-order valence-electron chi connectivity index (χ3n) is 4.07. The van der Waals surface area contributed by atoms with Crippen molar-refractivity contribution >= 4 is 23.0 Å². The first-order chi connectivity index (χ1) is 13.1. The molecular formula is C21H14N2O4. The fourth-order valence-corrected chi connectivity index (χ4v) is 2.82. The SMILES string of the molecule is O=C(O)C=Cc1cn(-c2ccccc2)nc1-c1cc2ccccc2oc1=O. The quantitative estimate of drug-likeness (QED) is 0.444. The summed E-state index contributed by atoms with van der Waals surface area (Å²) in [6.45, 7) is 0. The van der Waals surface area contributed by atoms with Gasteiger partial charge in [0.25, 0.3) is 0 Å². The summed E-state index contributed by atoms with van der Waals surface area (Å²) in [5.41, 5.74) is 1.88. The number of carboxylic acids is 1. The lowest BCUT2D eigenvalue weighted by atomic mass is 10.1. The van der Waals surface area contributed by atoms with E-state index in [2.05, 4.69) is 5.10 Å².